The Bertz CT molecular complexity index is 1110. The molecule has 1 aromatic heterocycles. The average molecular weight is 479 g/mol. The van der Waals surface area contributed by atoms with Crippen LogP contribution >= 0.6 is 0 Å². The van der Waals surface area contributed by atoms with E-state index in [1.807, 2.05) is 25.7 Å². The highest BCUT2D eigenvalue weighted by Crippen LogP contribution is 2.32. The zero-order valence-corrected chi connectivity index (χ0v) is 20.4. The van der Waals surface area contributed by atoms with Crippen LogP contribution in [0, 0.1) is 0 Å². The molecule has 33 heavy (non-hydrogen) atoms. The summed E-state index contributed by atoms with van der Waals surface area (Å²) < 4.78 is 34.1. The molecule has 2 N–H and O–H groups in total. The molecule has 1 fully saturated rings. The maximum absolute atomic E-state index is 13.4. The summed E-state index contributed by atoms with van der Waals surface area (Å²) in [6.07, 6.45) is 1.96. The highest BCUT2D eigenvalue weighted by Gasteiger charge is 2.29. The fraction of sp³-hybridized carbons (Fsp3) is 0.565. The van der Waals surface area contributed by atoms with Crippen molar-refractivity contribution in [2.24, 2.45) is 0 Å². The number of piperazine rings is 1. The molecule has 9 nitrogen and oxygen atoms in total. The zero-order valence-electron chi connectivity index (χ0n) is 19.6. The van der Waals surface area contributed by atoms with Gasteiger partial charge in [0.1, 0.15) is 11.6 Å². The minimum atomic E-state index is -3.74. The second kappa shape index (κ2) is 11.2. The molecule has 3 rings (SSSR count). The Morgan fingerprint density at radius 1 is 1.12 bits per heavy atom. The Balaban J connectivity index is 2.02. The third-order valence-electron chi connectivity index (χ3n) is 5.84. The van der Waals surface area contributed by atoms with E-state index < -0.39 is 10.0 Å². The number of nitrogens with one attached hydrogen (secondary N) is 1. The summed E-state index contributed by atoms with van der Waals surface area (Å²) in [5, 5.41) is 9.12. The van der Waals surface area contributed by atoms with Crippen molar-refractivity contribution in [3.05, 3.63) is 39.8 Å². The lowest BCUT2D eigenvalue weighted by molar-refractivity contribution is 0.151. The van der Waals surface area contributed by atoms with Gasteiger partial charge in [-0.1, -0.05) is 20.8 Å². The van der Waals surface area contributed by atoms with Crippen molar-refractivity contribution in [1.82, 2.24) is 19.2 Å². The highest BCUT2D eigenvalue weighted by molar-refractivity contribution is 7.89. The minimum Gasteiger partial charge on any atom is -0.493 e. The first kappa shape index (κ1) is 25.4. The fourth-order valence-corrected chi connectivity index (χ4v) is 5.45. The largest absolute Gasteiger partial charge is 0.493 e. The summed E-state index contributed by atoms with van der Waals surface area (Å²) in [6.45, 7) is 8.73. The second-order valence-electron chi connectivity index (χ2n) is 8.02. The number of benzene rings is 1. The predicted octanol–water partition coefficient (Wildman–Crippen LogP) is 1.65. The van der Waals surface area contributed by atoms with Gasteiger partial charge in [-0.3, -0.25) is 9.69 Å². The Morgan fingerprint density at radius 3 is 2.45 bits per heavy atom. The number of aliphatic hydroxyl groups is 1. The lowest BCUT2D eigenvalue weighted by Gasteiger charge is -2.33. The smallest absolute Gasteiger partial charge is 0.254 e. The molecule has 2 aromatic rings. The molecule has 0 unspecified atom stereocenters. The topological polar surface area (TPSA) is 116 Å². The molecule has 1 aliphatic rings. The molecule has 1 aromatic carbocycles. The molecular weight excluding hydrogens is 444 g/mol. The van der Waals surface area contributed by atoms with Gasteiger partial charge in [0.15, 0.2) is 0 Å². The van der Waals surface area contributed by atoms with Gasteiger partial charge >= 0.3 is 0 Å². The van der Waals surface area contributed by atoms with E-state index in [0.717, 1.165) is 6.42 Å². The summed E-state index contributed by atoms with van der Waals surface area (Å²) >= 11 is 0. The monoisotopic (exact) mass is 478 g/mol. The van der Waals surface area contributed by atoms with E-state index in [9.17, 15) is 13.2 Å². The molecule has 0 spiro atoms. The van der Waals surface area contributed by atoms with Gasteiger partial charge in [-0.15, -0.1) is 0 Å². The summed E-state index contributed by atoms with van der Waals surface area (Å²) in [5.74, 6) is 0.794. The molecule has 1 saturated heterocycles. The van der Waals surface area contributed by atoms with Crippen LogP contribution < -0.4 is 10.3 Å². The van der Waals surface area contributed by atoms with E-state index in [1.54, 1.807) is 18.2 Å². The van der Waals surface area contributed by atoms with Crippen LogP contribution in [0.2, 0.25) is 0 Å². The van der Waals surface area contributed by atoms with Crippen molar-refractivity contribution in [2.45, 2.75) is 44.9 Å². The highest BCUT2D eigenvalue weighted by atomic mass is 32.2. The maximum Gasteiger partial charge on any atom is 0.254 e. The Hall–Kier alpha value is -2.27. The van der Waals surface area contributed by atoms with Gasteiger partial charge in [0, 0.05) is 38.3 Å². The molecule has 0 bridgehead atoms. The average Bonchev–Trinajstić information content (AvgIpc) is 2.82. The van der Waals surface area contributed by atoms with Crippen molar-refractivity contribution in [1.29, 1.82) is 0 Å². The third-order valence-corrected chi connectivity index (χ3v) is 7.74. The number of β-amino-alcohol motifs (C(OH)–C–C–N with tert-alkyl or cyclic N) is 1. The van der Waals surface area contributed by atoms with Crippen LogP contribution in [0.5, 0.6) is 5.75 Å². The first-order valence-corrected chi connectivity index (χ1v) is 13.0. The molecule has 0 radical (unpaired) electrons. The van der Waals surface area contributed by atoms with Crippen LogP contribution in [0.3, 0.4) is 0 Å². The zero-order chi connectivity index (χ0) is 24.0. The summed E-state index contributed by atoms with van der Waals surface area (Å²) in [4.78, 5) is 22.3. The van der Waals surface area contributed by atoms with Gasteiger partial charge in [0.2, 0.25) is 10.0 Å². The van der Waals surface area contributed by atoms with E-state index in [4.69, 9.17) is 9.84 Å². The molecule has 0 amide bonds. The Labute approximate surface area is 195 Å². The van der Waals surface area contributed by atoms with E-state index in [0.29, 0.717) is 80.6 Å². The van der Waals surface area contributed by atoms with Crippen molar-refractivity contribution >= 4 is 10.0 Å². The number of aliphatic hydroxyl groups excluding tert-OH is 1. The number of nitrogens with zero attached hydrogens (tertiary/aromatic N) is 3. The first-order chi connectivity index (χ1) is 15.8. The molecule has 182 valence electrons. The lowest BCUT2D eigenvalue weighted by atomic mass is 10.1. The molecular formula is C23H34N4O5S. The lowest BCUT2D eigenvalue weighted by Crippen LogP contribution is -2.49. The molecule has 0 saturated carbocycles. The Kier molecular flexibility index (Phi) is 8.63. The van der Waals surface area contributed by atoms with Gasteiger partial charge in [0.25, 0.3) is 5.56 Å². The normalized spacial score (nSPS) is 15.6. The second-order valence-corrected chi connectivity index (χ2v) is 9.96. The number of ether oxygens (including phenoxy) is 1. The van der Waals surface area contributed by atoms with Gasteiger partial charge in [-0.05, 0) is 37.5 Å². The van der Waals surface area contributed by atoms with Crippen LogP contribution in [-0.4, -0.2) is 78.6 Å². The van der Waals surface area contributed by atoms with Gasteiger partial charge in [0.05, 0.1) is 29.4 Å². The fourth-order valence-electron chi connectivity index (χ4n) is 4.01. The minimum absolute atomic E-state index is 0.0527. The molecule has 2 heterocycles. The van der Waals surface area contributed by atoms with E-state index in [2.05, 4.69) is 9.97 Å². The molecule has 0 atom stereocenters. The van der Waals surface area contributed by atoms with Crippen molar-refractivity contribution in [3.63, 3.8) is 0 Å². The Morgan fingerprint density at radius 2 is 1.85 bits per heavy atom. The number of hydrogen-bond donors (Lipinski definition) is 2. The van der Waals surface area contributed by atoms with E-state index in [1.165, 1.54) is 4.31 Å². The van der Waals surface area contributed by atoms with Gasteiger partial charge < -0.3 is 14.8 Å². The SMILES string of the molecule is CCCOc1ccc(S(=O)(=O)N2CCN(CCO)CC2)cc1-c1nc(CC)c(CC)c(=O)[nH]1. The van der Waals surface area contributed by atoms with Crippen LogP contribution in [0.25, 0.3) is 11.4 Å². The summed E-state index contributed by atoms with van der Waals surface area (Å²) in [5.41, 5.74) is 1.58. The van der Waals surface area contributed by atoms with Crippen LogP contribution in [0.15, 0.2) is 27.9 Å². The number of sulfonamides is 1. The molecule has 10 heteroatoms. The van der Waals surface area contributed by atoms with Gasteiger partial charge in [-0.2, -0.15) is 4.31 Å². The number of hydrogen-bond acceptors (Lipinski definition) is 7. The summed E-state index contributed by atoms with van der Waals surface area (Å²) in [7, 11) is -3.74. The predicted molar refractivity (Wildman–Crippen MR) is 127 cm³/mol. The van der Waals surface area contributed by atoms with E-state index >= 15 is 0 Å². The van der Waals surface area contributed by atoms with Crippen molar-refractivity contribution in [2.75, 3.05) is 45.9 Å². The number of H-pyrrole nitrogens is 1. The number of aromatic nitrogens is 2. The van der Waals surface area contributed by atoms with Gasteiger partial charge in [-0.25, -0.2) is 13.4 Å². The van der Waals surface area contributed by atoms with Crippen LogP contribution in [0.1, 0.15) is 38.4 Å². The van der Waals surface area contributed by atoms with Crippen molar-refractivity contribution in [3.8, 4) is 17.1 Å². The molecule has 1 aliphatic heterocycles. The van der Waals surface area contributed by atoms with Crippen LogP contribution in [0.4, 0.5) is 0 Å². The van der Waals surface area contributed by atoms with E-state index in [-0.39, 0.29) is 17.1 Å². The number of rotatable bonds is 10. The number of aryl methyl sites for hydroxylation is 1. The quantitative estimate of drug-likeness (QED) is 0.533. The standard InChI is InChI=1S/C23H34N4O5S/c1-4-15-32-21-8-7-17(33(30,31)27-11-9-26(10-12-27)13-14-28)16-19(21)22-24-20(6-3)18(5-2)23(29)25-22/h7-8,16,28H,4-6,9-15H2,1-3H3,(H,24,25,29). The van der Waals surface area contributed by atoms with Crippen molar-refractivity contribution < 1.29 is 18.3 Å². The first-order valence-electron chi connectivity index (χ1n) is 11.6. The number of aromatic amines is 1. The van der Waals surface area contributed by atoms with Crippen LogP contribution in [-0.2, 0) is 22.9 Å². The summed E-state index contributed by atoms with van der Waals surface area (Å²) in [6, 6.07) is 4.73. The molecule has 0 aliphatic carbocycles. The third kappa shape index (κ3) is 5.63. The maximum atomic E-state index is 13.4.